The Hall–Kier alpha value is -2.66. The third-order valence-corrected chi connectivity index (χ3v) is 8.82. The van der Waals surface area contributed by atoms with Crippen molar-refractivity contribution < 1.29 is 43.1 Å². The number of nitrogens with zero attached hydrogens (tertiary/aromatic N) is 1. The molecule has 3 aliphatic rings. The predicted molar refractivity (Wildman–Crippen MR) is 153 cm³/mol. The number of nitrogens with one attached hydrogen (secondary N) is 1. The molecule has 224 valence electrons. The number of carbonyl (C=O) groups excluding carboxylic acids is 2. The monoisotopic (exact) mass is 590 g/mol. The van der Waals surface area contributed by atoms with Crippen LogP contribution in [0.1, 0.15) is 45.1 Å². The molecule has 7 atom stereocenters. The molecule has 11 nitrogen and oxygen atoms in total. The summed E-state index contributed by atoms with van der Waals surface area (Å²) in [5, 5.41) is 24.5. The fourth-order valence-corrected chi connectivity index (χ4v) is 6.24. The van der Waals surface area contributed by atoms with Gasteiger partial charge in [-0.25, -0.2) is 9.66 Å². The van der Waals surface area contributed by atoms with E-state index in [-0.39, 0.29) is 19.6 Å². The number of allylic oxidation sites excluding steroid dienone is 2. The van der Waals surface area contributed by atoms with Crippen molar-refractivity contribution in [1.82, 2.24) is 5.09 Å². The Morgan fingerprint density at radius 1 is 1.22 bits per heavy atom. The van der Waals surface area contributed by atoms with Crippen LogP contribution in [0.15, 0.2) is 53.8 Å². The SMILES string of the molecule is CC1CC=C(OP(COC[C@H]2O[C@@H]([N+]3=CC(C(N)=O)=CCC3)C(O)C2O)N[C@@H](C)C(=O)OCc2ccccc2)CC1. The number of primary amides is 1. The maximum absolute atomic E-state index is 12.7. The number of aliphatic hydroxyl groups is 2. The Bertz CT molecular complexity index is 1140. The van der Waals surface area contributed by atoms with Crippen LogP contribution in [0.5, 0.6) is 0 Å². The summed E-state index contributed by atoms with van der Waals surface area (Å²) in [5.74, 6) is 0.488. The average molecular weight is 591 g/mol. The van der Waals surface area contributed by atoms with Crippen LogP contribution in [0.3, 0.4) is 0 Å². The van der Waals surface area contributed by atoms with Crippen LogP contribution in [0, 0.1) is 5.92 Å². The molecule has 4 unspecified atom stereocenters. The van der Waals surface area contributed by atoms with Gasteiger partial charge in [-0.15, -0.1) is 0 Å². The Balaban J connectivity index is 1.33. The van der Waals surface area contributed by atoms with Crippen LogP contribution in [0.4, 0.5) is 0 Å². The molecule has 0 bridgehead atoms. The van der Waals surface area contributed by atoms with Crippen LogP contribution < -0.4 is 10.8 Å². The van der Waals surface area contributed by atoms with Gasteiger partial charge in [0.15, 0.2) is 20.6 Å². The summed E-state index contributed by atoms with van der Waals surface area (Å²) >= 11 is 0. The highest BCUT2D eigenvalue weighted by Gasteiger charge is 2.49. The number of aliphatic hydroxyl groups excluding tert-OH is 2. The molecular formula is C29H41N3O8P+. The van der Waals surface area contributed by atoms with Gasteiger partial charge >= 0.3 is 5.97 Å². The number of rotatable bonds is 13. The summed E-state index contributed by atoms with van der Waals surface area (Å²) in [5.41, 5.74) is 6.63. The van der Waals surface area contributed by atoms with Crippen molar-refractivity contribution in [3.63, 3.8) is 0 Å². The molecule has 2 aliphatic heterocycles. The number of amides is 1. The summed E-state index contributed by atoms with van der Waals surface area (Å²) in [4.78, 5) is 24.3. The molecule has 5 N–H and O–H groups in total. The van der Waals surface area contributed by atoms with Crippen molar-refractivity contribution in [3.8, 4) is 0 Å². The second kappa shape index (κ2) is 15.0. The molecule has 1 saturated heterocycles. The largest absolute Gasteiger partial charge is 0.460 e. The van der Waals surface area contributed by atoms with E-state index in [4.69, 9.17) is 24.5 Å². The standard InChI is InChI=1S/C29H40N3O8P/c1-19-10-12-23(13-11-19)40-41(31-20(2)29(36)38-16-21-7-4-3-5-8-21)18-37-17-24-25(33)26(34)28(39-24)32-14-6-9-22(15-32)27(30)35/h3-5,7-9,12,15,19-20,24-26,28,31,33-34H,6,10-11,13-14,16-18H2,1-2H3,(H-,30,35)/p+1/t19?,20-,24+,25?,26?,28+,41?/m0/s1. The van der Waals surface area contributed by atoms with E-state index >= 15 is 0 Å². The lowest BCUT2D eigenvalue weighted by Gasteiger charge is -2.26. The number of benzene rings is 1. The molecule has 1 amide bonds. The lowest BCUT2D eigenvalue weighted by atomic mass is 9.95. The molecule has 0 spiro atoms. The van der Waals surface area contributed by atoms with E-state index < -0.39 is 50.8 Å². The highest BCUT2D eigenvalue weighted by Crippen LogP contribution is 2.39. The summed E-state index contributed by atoms with van der Waals surface area (Å²) in [6, 6.07) is 8.83. The maximum atomic E-state index is 12.7. The number of ether oxygens (including phenoxy) is 3. The number of hydrogen-bond acceptors (Lipinski definition) is 9. The third-order valence-electron chi connectivity index (χ3n) is 7.27. The molecular weight excluding hydrogens is 549 g/mol. The second-order valence-electron chi connectivity index (χ2n) is 10.7. The van der Waals surface area contributed by atoms with Crippen molar-refractivity contribution >= 4 is 26.4 Å². The van der Waals surface area contributed by atoms with E-state index in [0.717, 1.165) is 30.6 Å². The zero-order valence-electron chi connectivity index (χ0n) is 23.6. The van der Waals surface area contributed by atoms with Crippen molar-refractivity contribution in [1.29, 1.82) is 0 Å². The molecule has 0 radical (unpaired) electrons. The first-order chi connectivity index (χ1) is 19.7. The van der Waals surface area contributed by atoms with Gasteiger partial charge in [0.2, 0.25) is 0 Å². The van der Waals surface area contributed by atoms with Crippen LogP contribution in [-0.2, 0) is 34.9 Å². The summed E-state index contributed by atoms with van der Waals surface area (Å²) in [6.45, 7) is 4.60. The van der Waals surface area contributed by atoms with E-state index in [1.165, 1.54) is 0 Å². The highest BCUT2D eigenvalue weighted by molar-refractivity contribution is 7.50. The molecule has 1 fully saturated rings. The Kier molecular flexibility index (Phi) is 11.4. The predicted octanol–water partition coefficient (Wildman–Crippen LogP) is 2.06. The molecule has 4 rings (SSSR count). The number of esters is 1. The minimum Gasteiger partial charge on any atom is -0.460 e. The summed E-state index contributed by atoms with van der Waals surface area (Å²) in [6.07, 6.45) is 4.76. The minimum atomic E-state index is -1.43. The lowest BCUT2D eigenvalue weighted by Crippen LogP contribution is -2.41. The molecule has 1 aromatic carbocycles. The minimum absolute atomic E-state index is 0.00608. The van der Waals surface area contributed by atoms with Gasteiger partial charge in [-0.3, -0.25) is 9.59 Å². The van der Waals surface area contributed by atoms with Gasteiger partial charge in [-0.2, -0.15) is 0 Å². The van der Waals surface area contributed by atoms with Crippen LogP contribution in [0.2, 0.25) is 0 Å². The van der Waals surface area contributed by atoms with Gasteiger partial charge < -0.3 is 34.7 Å². The fraction of sp³-hybridized carbons (Fsp3) is 0.552. The number of hydrogen-bond donors (Lipinski definition) is 4. The Morgan fingerprint density at radius 3 is 2.71 bits per heavy atom. The third kappa shape index (κ3) is 8.91. The van der Waals surface area contributed by atoms with Crippen molar-refractivity contribution in [2.24, 2.45) is 11.7 Å². The van der Waals surface area contributed by atoms with Gasteiger partial charge in [-0.1, -0.05) is 43.3 Å². The van der Waals surface area contributed by atoms with Gasteiger partial charge in [0.25, 0.3) is 12.1 Å². The summed E-state index contributed by atoms with van der Waals surface area (Å²) in [7, 11) is -1.43. The lowest BCUT2D eigenvalue weighted by molar-refractivity contribution is -0.614. The van der Waals surface area contributed by atoms with E-state index in [9.17, 15) is 19.8 Å². The Labute approximate surface area is 241 Å². The van der Waals surface area contributed by atoms with Crippen LogP contribution >= 0.6 is 8.30 Å². The fourth-order valence-electron chi connectivity index (χ4n) is 4.80. The van der Waals surface area contributed by atoms with Crippen LogP contribution in [0.25, 0.3) is 0 Å². The molecule has 2 heterocycles. The first-order valence-corrected chi connectivity index (χ1v) is 15.5. The number of nitrogens with two attached hydrogens (primary N) is 1. The highest BCUT2D eigenvalue weighted by atomic mass is 31.2. The smallest absolute Gasteiger partial charge is 0.323 e. The maximum Gasteiger partial charge on any atom is 0.323 e. The molecule has 0 saturated carbocycles. The Morgan fingerprint density at radius 2 is 2.00 bits per heavy atom. The molecule has 1 aliphatic carbocycles. The second-order valence-corrected chi connectivity index (χ2v) is 12.1. The topological polar surface area (TPSA) is 153 Å². The quantitative estimate of drug-likeness (QED) is 0.154. The van der Waals surface area contributed by atoms with Crippen molar-refractivity contribution in [3.05, 3.63) is 59.4 Å². The van der Waals surface area contributed by atoms with E-state index in [1.54, 1.807) is 23.8 Å². The number of carbonyl (C=O) groups is 2. The zero-order chi connectivity index (χ0) is 29.4. The zero-order valence-corrected chi connectivity index (χ0v) is 24.4. The van der Waals surface area contributed by atoms with E-state index in [2.05, 4.69) is 18.1 Å². The first kappa shape index (κ1) is 31.3. The average Bonchev–Trinajstić information content (AvgIpc) is 3.26. The van der Waals surface area contributed by atoms with Crippen molar-refractivity contribution in [2.75, 3.05) is 19.5 Å². The summed E-state index contributed by atoms with van der Waals surface area (Å²) < 4.78 is 25.3. The first-order valence-electron chi connectivity index (χ1n) is 14.0. The van der Waals surface area contributed by atoms with Gasteiger partial charge in [0, 0.05) is 12.8 Å². The molecule has 0 aromatic heterocycles. The van der Waals surface area contributed by atoms with E-state index in [1.807, 2.05) is 30.3 Å². The van der Waals surface area contributed by atoms with Gasteiger partial charge in [0.05, 0.1) is 17.9 Å². The van der Waals surface area contributed by atoms with Gasteiger partial charge in [0.1, 0.15) is 37.7 Å². The molecule has 12 heteroatoms. The van der Waals surface area contributed by atoms with Crippen molar-refractivity contribution in [2.45, 2.75) is 76.7 Å². The molecule has 1 aromatic rings. The van der Waals surface area contributed by atoms with Crippen LogP contribution in [-0.4, -0.2) is 83.0 Å². The van der Waals surface area contributed by atoms with Gasteiger partial charge in [-0.05, 0) is 37.3 Å². The molecule has 41 heavy (non-hydrogen) atoms. The van der Waals surface area contributed by atoms with E-state index in [0.29, 0.717) is 24.5 Å². The normalized spacial score (nSPS) is 27.7.